The molecular formula is C20H18BrN3O4. The minimum atomic E-state index is -0.646. The first kappa shape index (κ1) is 19.6. The Balaban J connectivity index is 1.49. The molecule has 0 aliphatic heterocycles. The van der Waals surface area contributed by atoms with Crippen LogP contribution in [-0.4, -0.2) is 35.8 Å². The number of hydrogen-bond acceptors (Lipinski definition) is 5. The maximum atomic E-state index is 12.1. The highest BCUT2D eigenvalue weighted by molar-refractivity contribution is 9.10. The van der Waals surface area contributed by atoms with Gasteiger partial charge in [0.1, 0.15) is 11.4 Å². The van der Waals surface area contributed by atoms with Crippen molar-refractivity contribution in [2.45, 2.75) is 6.54 Å². The minimum Gasteiger partial charge on any atom is -0.497 e. The Bertz CT molecular complexity index is 970. The van der Waals surface area contributed by atoms with Gasteiger partial charge in [-0.1, -0.05) is 40.2 Å². The molecule has 2 N–H and O–H groups in total. The number of nitrogens with one attached hydrogen (secondary N) is 2. The van der Waals surface area contributed by atoms with Gasteiger partial charge in [-0.15, -0.1) is 0 Å². The number of ether oxygens (including phenoxy) is 2. The van der Waals surface area contributed by atoms with E-state index >= 15 is 0 Å². The van der Waals surface area contributed by atoms with E-state index in [9.17, 15) is 9.59 Å². The Morgan fingerprint density at radius 3 is 2.68 bits per heavy atom. The number of nitrogens with zero attached hydrogens (tertiary/aromatic N) is 1. The van der Waals surface area contributed by atoms with Crippen molar-refractivity contribution in [1.82, 2.24) is 15.5 Å². The average Bonchev–Trinajstić information content (AvgIpc) is 3.21. The van der Waals surface area contributed by atoms with Gasteiger partial charge in [0.25, 0.3) is 5.91 Å². The molecular weight excluding hydrogens is 426 g/mol. The third-order valence-corrected chi connectivity index (χ3v) is 4.42. The molecule has 2 aromatic carbocycles. The number of hydrogen-bond donors (Lipinski definition) is 2. The molecule has 0 saturated carbocycles. The van der Waals surface area contributed by atoms with Crippen LogP contribution in [0, 0.1) is 0 Å². The normalized spacial score (nSPS) is 10.4. The summed E-state index contributed by atoms with van der Waals surface area (Å²) in [7, 11) is 1.58. The lowest BCUT2D eigenvalue weighted by Gasteiger charge is -2.07. The molecule has 0 radical (unpaired) electrons. The molecule has 1 amide bonds. The van der Waals surface area contributed by atoms with Gasteiger partial charge >= 0.3 is 5.97 Å². The highest BCUT2D eigenvalue weighted by Gasteiger charge is 2.14. The van der Waals surface area contributed by atoms with Gasteiger partial charge < -0.3 is 14.8 Å². The summed E-state index contributed by atoms with van der Waals surface area (Å²) in [6.07, 6.45) is 0. The molecule has 8 heteroatoms. The van der Waals surface area contributed by atoms with E-state index in [0.717, 1.165) is 15.6 Å². The first-order valence-corrected chi connectivity index (χ1v) is 9.22. The molecule has 7 nitrogen and oxygen atoms in total. The Hall–Kier alpha value is -3.13. The number of benzene rings is 2. The maximum absolute atomic E-state index is 12.1. The second-order valence-corrected chi connectivity index (χ2v) is 6.79. The van der Waals surface area contributed by atoms with Gasteiger partial charge in [-0.3, -0.25) is 9.89 Å². The van der Waals surface area contributed by atoms with Crippen LogP contribution < -0.4 is 10.1 Å². The van der Waals surface area contributed by atoms with Crippen LogP contribution in [0.2, 0.25) is 0 Å². The van der Waals surface area contributed by atoms with E-state index in [2.05, 4.69) is 31.4 Å². The molecule has 28 heavy (non-hydrogen) atoms. The number of esters is 1. The third kappa shape index (κ3) is 5.20. The van der Waals surface area contributed by atoms with Crippen molar-refractivity contribution >= 4 is 27.8 Å². The summed E-state index contributed by atoms with van der Waals surface area (Å²) in [6, 6.07) is 16.4. The molecule has 0 atom stereocenters. The Morgan fingerprint density at radius 1 is 1.14 bits per heavy atom. The zero-order valence-corrected chi connectivity index (χ0v) is 16.7. The Labute approximate surface area is 170 Å². The molecule has 144 valence electrons. The van der Waals surface area contributed by atoms with Crippen molar-refractivity contribution in [3.63, 3.8) is 0 Å². The first-order chi connectivity index (χ1) is 13.5. The SMILES string of the molecule is COc1cccc(CNC(=O)COC(=O)c2cc(-c3ccc(Br)cc3)n[nH]2)c1. The van der Waals surface area contributed by atoms with Gasteiger partial charge in [0.2, 0.25) is 0 Å². The number of carbonyl (C=O) groups is 2. The molecule has 1 aromatic heterocycles. The van der Waals surface area contributed by atoms with Gasteiger partial charge in [0, 0.05) is 16.6 Å². The van der Waals surface area contributed by atoms with Crippen LogP contribution in [-0.2, 0) is 16.1 Å². The lowest BCUT2D eigenvalue weighted by Crippen LogP contribution is -2.28. The summed E-state index contributed by atoms with van der Waals surface area (Å²) < 4.78 is 11.1. The summed E-state index contributed by atoms with van der Waals surface area (Å²) >= 11 is 3.37. The van der Waals surface area contributed by atoms with Gasteiger partial charge in [-0.05, 0) is 35.9 Å². The summed E-state index contributed by atoms with van der Waals surface area (Å²) in [5.41, 5.74) is 2.53. The lowest BCUT2D eigenvalue weighted by molar-refractivity contribution is -0.124. The molecule has 0 bridgehead atoms. The lowest BCUT2D eigenvalue weighted by atomic mass is 10.1. The smallest absolute Gasteiger partial charge is 0.356 e. The third-order valence-electron chi connectivity index (χ3n) is 3.90. The van der Waals surface area contributed by atoms with Gasteiger partial charge in [0.15, 0.2) is 6.61 Å². The van der Waals surface area contributed by atoms with Crippen LogP contribution in [0.25, 0.3) is 11.3 Å². The summed E-state index contributed by atoms with van der Waals surface area (Å²) in [6.45, 7) is -0.0687. The fourth-order valence-corrected chi connectivity index (χ4v) is 2.70. The van der Waals surface area contributed by atoms with Crippen molar-refractivity contribution < 1.29 is 19.1 Å². The molecule has 3 aromatic rings. The molecule has 0 aliphatic carbocycles. The van der Waals surface area contributed by atoms with Crippen molar-refractivity contribution in [2.75, 3.05) is 13.7 Å². The quantitative estimate of drug-likeness (QED) is 0.546. The first-order valence-electron chi connectivity index (χ1n) is 8.43. The number of aromatic amines is 1. The number of carbonyl (C=O) groups excluding carboxylic acids is 2. The fraction of sp³-hybridized carbons (Fsp3) is 0.150. The van der Waals surface area contributed by atoms with E-state index in [-0.39, 0.29) is 12.3 Å². The van der Waals surface area contributed by atoms with Crippen molar-refractivity contribution in [1.29, 1.82) is 0 Å². The van der Waals surface area contributed by atoms with E-state index in [1.165, 1.54) is 0 Å². The number of H-pyrrole nitrogens is 1. The topological polar surface area (TPSA) is 93.3 Å². The summed E-state index contributed by atoms with van der Waals surface area (Å²) in [5, 5.41) is 9.43. The number of aromatic nitrogens is 2. The Kier molecular flexibility index (Phi) is 6.44. The predicted octanol–water partition coefficient (Wildman–Crippen LogP) is 3.32. The molecule has 0 spiro atoms. The molecule has 0 saturated heterocycles. The number of rotatable bonds is 7. The molecule has 0 unspecified atom stereocenters. The molecule has 1 heterocycles. The highest BCUT2D eigenvalue weighted by atomic mass is 79.9. The van der Waals surface area contributed by atoms with Crippen LogP contribution in [0.5, 0.6) is 5.75 Å². The van der Waals surface area contributed by atoms with Crippen molar-refractivity contribution in [3.8, 4) is 17.0 Å². The second kappa shape index (κ2) is 9.18. The van der Waals surface area contributed by atoms with E-state index < -0.39 is 11.9 Å². The van der Waals surface area contributed by atoms with Crippen molar-refractivity contribution in [2.24, 2.45) is 0 Å². The highest BCUT2D eigenvalue weighted by Crippen LogP contribution is 2.20. The zero-order valence-electron chi connectivity index (χ0n) is 15.1. The standard InChI is InChI=1S/C20H18BrN3O4/c1-27-16-4-2-3-13(9-16)11-22-19(25)12-28-20(26)18-10-17(23-24-18)14-5-7-15(21)8-6-14/h2-10H,11-12H2,1H3,(H,22,25)(H,23,24). The largest absolute Gasteiger partial charge is 0.497 e. The Morgan fingerprint density at radius 2 is 1.93 bits per heavy atom. The molecule has 0 fully saturated rings. The molecule has 3 rings (SSSR count). The number of amides is 1. The van der Waals surface area contributed by atoms with Crippen LogP contribution in [0.15, 0.2) is 59.1 Å². The fourth-order valence-electron chi connectivity index (χ4n) is 2.44. The second-order valence-electron chi connectivity index (χ2n) is 5.88. The molecule has 0 aliphatic rings. The van der Waals surface area contributed by atoms with E-state index in [4.69, 9.17) is 9.47 Å². The van der Waals surface area contributed by atoms with Gasteiger partial charge in [-0.25, -0.2) is 4.79 Å². The van der Waals surface area contributed by atoms with Gasteiger partial charge in [0.05, 0.1) is 12.8 Å². The van der Waals surface area contributed by atoms with Crippen LogP contribution in [0.1, 0.15) is 16.1 Å². The summed E-state index contributed by atoms with van der Waals surface area (Å²) in [5.74, 6) is -0.338. The van der Waals surface area contributed by atoms with E-state index in [1.807, 2.05) is 48.5 Å². The van der Waals surface area contributed by atoms with E-state index in [0.29, 0.717) is 18.0 Å². The van der Waals surface area contributed by atoms with Crippen LogP contribution in [0.3, 0.4) is 0 Å². The monoisotopic (exact) mass is 443 g/mol. The van der Waals surface area contributed by atoms with E-state index in [1.54, 1.807) is 13.2 Å². The van der Waals surface area contributed by atoms with Crippen LogP contribution in [0.4, 0.5) is 0 Å². The predicted molar refractivity (Wildman–Crippen MR) is 107 cm³/mol. The maximum Gasteiger partial charge on any atom is 0.356 e. The number of halogens is 1. The van der Waals surface area contributed by atoms with Crippen LogP contribution >= 0.6 is 15.9 Å². The minimum absolute atomic E-state index is 0.179. The average molecular weight is 444 g/mol. The van der Waals surface area contributed by atoms with Gasteiger partial charge in [-0.2, -0.15) is 5.10 Å². The zero-order chi connectivity index (χ0) is 19.9. The van der Waals surface area contributed by atoms with Crippen molar-refractivity contribution in [3.05, 3.63) is 70.3 Å². The number of methoxy groups -OCH3 is 1. The summed E-state index contributed by atoms with van der Waals surface area (Å²) in [4.78, 5) is 24.0.